The highest BCUT2D eigenvalue weighted by Gasteiger charge is 2.15. The third-order valence-electron chi connectivity index (χ3n) is 1.43. The van der Waals surface area contributed by atoms with Crippen molar-refractivity contribution in [2.75, 3.05) is 33.7 Å². The zero-order chi connectivity index (χ0) is 11.2. The molecule has 0 radical (unpaired) electrons. The number of likely N-dealkylation sites (N-methyl/N-ethyl adjacent to an activating group) is 1. The van der Waals surface area contributed by atoms with Crippen molar-refractivity contribution in [1.82, 2.24) is 10.2 Å². The summed E-state index contributed by atoms with van der Waals surface area (Å²) >= 11 is 0. The number of carbonyl (C=O) groups excluding carboxylic acids is 1. The summed E-state index contributed by atoms with van der Waals surface area (Å²) in [6, 6.07) is 0. The van der Waals surface area contributed by atoms with E-state index < -0.39 is 0 Å². The highest BCUT2D eigenvalue weighted by Crippen LogP contribution is 2.05. The second kappa shape index (κ2) is 5.98. The van der Waals surface area contributed by atoms with Crippen LogP contribution in [0.3, 0.4) is 0 Å². The van der Waals surface area contributed by atoms with Gasteiger partial charge < -0.3 is 15.0 Å². The number of hydrogen-bond donors (Lipinski definition) is 1. The number of hydrogen-bond acceptors (Lipinski definition) is 4. The van der Waals surface area contributed by atoms with Crippen LogP contribution in [0.5, 0.6) is 0 Å². The molecule has 4 nitrogen and oxygen atoms in total. The van der Waals surface area contributed by atoms with E-state index in [-0.39, 0.29) is 18.1 Å². The highest BCUT2D eigenvalue weighted by molar-refractivity contribution is 5.72. The maximum atomic E-state index is 11.2. The number of rotatable bonds is 5. The van der Waals surface area contributed by atoms with Crippen LogP contribution in [0, 0.1) is 0 Å². The molecule has 0 fully saturated rings. The largest absolute Gasteiger partial charge is 0.459 e. The van der Waals surface area contributed by atoms with Crippen LogP contribution in [0.1, 0.15) is 20.8 Å². The van der Waals surface area contributed by atoms with Crippen molar-refractivity contribution in [3.8, 4) is 0 Å². The normalized spacial score (nSPS) is 11.9. The van der Waals surface area contributed by atoms with Crippen LogP contribution in [0.4, 0.5) is 0 Å². The summed E-state index contributed by atoms with van der Waals surface area (Å²) in [5.74, 6) is -0.198. The monoisotopic (exact) mass is 202 g/mol. The smallest absolute Gasteiger partial charge is 0.320 e. The molecule has 0 saturated carbocycles. The van der Waals surface area contributed by atoms with Gasteiger partial charge >= 0.3 is 5.97 Å². The van der Waals surface area contributed by atoms with E-state index in [1.54, 1.807) is 0 Å². The summed E-state index contributed by atoms with van der Waals surface area (Å²) in [5, 5.41) is 3.02. The molecule has 4 heteroatoms. The molecule has 0 spiro atoms. The average molecular weight is 202 g/mol. The molecule has 84 valence electrons. The zero-order valence-electron chi connectivity index (χ0n) is 9.89. The average Bonchev–Trinajstić information content (AvgIpc) is 1.94. The fraction of sp³-hybridized carbons (Fsp3) is 0.900. The summed E-state index contributed by atoms with van der Waals surface area (Å²) in [6.07, 6.45) is 0. The van der Waals surface area contributed by atoms with Crippen LogP contribution in [0.2, 0.25) is 0 Å². The molecule has 0 aromatic carbocycles. The molecule has 0 aliphatic carbocycles. The Kier molecular flexibility index (Phi) is 5.72. The molecule has 0 amide bonds. The molecule has 0 aliphatic rings. The van der Waals surface area contributed by atoms with Gasteiger partial charge in [-0.05, 0) is 34.9 Å². The Labute approximate surface area is 86.6 Å². The number of ether oxygens (including phenoxy) is 1. The molecule has 14 heavy (non-hydrogen) atoms. The molecular weight excluding hydrogens is 180 g/mol. The van der Waals surface area contributed by atoms with E-state index in [0.717, 1.165) is 13.1 Å². The lowest BCUT2D eigenvalue weighted by molar-refractivity contribution is -0.153. The quantitative estimate of drug-likeness (QED) is 0.520. The van der Waals surface area contributed by atoms with Gasteiger partial charge in [0, 0.05) is 13.1 Å². The van der Waals surface area contributed by atoms with Crippen LogP contribution < -0.4 is 5.32 Å². The lowest BCUT2D eigenvalue weighted by Crippen LogP contribution is -2.34. The van der Waals surface area contributed by atoms with E-state index in [0.29, 0.717) is 0 Å². The molecule has 0 aromatic heterocycles. The van der Waals surface area contributed by atoms with Crippen LogP contribution in [0.15, 0.2) is 0 Å². The second-order valence-electron chi connectivity index (χ2n) is 4.57. The molecule has 0 saturated heterocycles. The van der Waals surface area contributed by atoms with Gasteiger partial charge in [0.15, 0.2) is 0 Å². The predicted octanol–water partition coefficient (Wildman–Crippen LogP) is 0.479. The zero-order valence-corrected chi connectivity index (χ0v) is 9.89. The third kappa shape index (κ3) is 9.48. The van der Waals surface area contributed by atoms with Crippen LogP contribution in [-0.2, 0) is 9.53 Å². The number of carbonyl (C=O) groups is 1. The van der Waals surface area contributed by atoms with Gasteiger partial charge in [-0.25, -0.2) is 0 Å². The fourth-order valence-electron chi connectivity index (χ4n) is 0.871. The van der Waals surface area contributed by atoms with Crippen LogP contribution in [-0.4, -0.2) is 50.2 Å². The van der Waals surface area contributed by atoms with Crippen molar-refractivity contribution >= 4 is 5.97 Å². The number of nitrogens with one attached hydrogen (secondary N) is 1. The standard InChI is InChI=1S/C10H22N2O2/c1-10(2,3)14-9(13)8-11-6-7-12(4)5/h11H,6-8H2,1-5H3. The highest BCUT2D eigenvalue weighted by atomic mass is 16.6. The maximum Gasteiger partial charge on any atom is 0.320 e. The van der Waals surface area contributed by atoms with E-state index in [9.17, 15) is 4.79 Å². The van der Waals surface area contributed by atoms with Gasteiger partial charge in [-0.15, -0.1) is 0 Å². The van der Waals surface area contributed by atoms with Gasteiger partial charge in [-0.2, -0.15) is 0 Å². The lowest BCUT2D eigenvalue weighted by Gasteiger charge is -2.19. The Balaban J connectivity index is 3.46. The molecule has 0 rings (SSSR count). The van der Waals surface area contributed by atoms with Crippen molar-refractivity contribution in [1.29, 1.82) is 0 Å². The van der Waals surface area contributed by atoms with Crippen molar-refractivity contribution in [2.24, 2.45) is 0 Å². The summed E-state index contributed by atoms with van der Waals surface area (Å²) in [6.45, 7) is 7.60. The van der Waals surface area contributed by atoms with Gasteiger partial charge in [0.2, 0.25) is 0 Å². The fourth-order valence-corrected chi connectivity index (χ4v) is 0.871. The van der Waals surface area contributed by atoms with Crippen molar-refractivity contribution in [2.45, 2.75) is 26.4 Å². The first kappa shape index (κ1) is 13.4. The van der Waals surface area contributed by atoms with Crippen LogP contribution in [0.25, 0.3) is 0 Å². The molecule has 0 heterocycles. The Morgan fingerprint density at radius 2 is 1.93 bits per heavy atom. The Bertz CT molecular complexity index is 173. The van der Waals surface area contributed by atoms with Crippen molar-refractivity contribution < 1.29 is 9.53 Å². The minimum absolute atomic E-state index is 0.198. The maximum absolute atomic E-state index is 11.2. The molecule has 0 atom stereocenters. The first-order valence-electron chi connectivity index (χ1n) is 4.88. The van der Waals surface area contributed by atoms with Gasteiger partial charge in [0.1, 0.15) is 5.60 Å². The molecule has 1 N–H and O–H groups in total. The first-order valence-corrected chi connectivity index (χ1v) is 4.88. The van der Waals surface area contributed by atoms with E-state index in [4.69, 9.17) is 4.74 Å². The molecule has 0 bridgehead atoms. The second-order valence-corrected chi connectivity index (χ2v) is 4.57. The predicted molar refractivity (Wildman–Crippen MR) is 57.3 cm³/mol. The van der Waals surface area contributed by atoms with E-state index in [2.05, 4.69) is 10.2 Å². The van der Waals surface area contributed by atoms with E-state index in [1.165, 1.54) is 0 Å². The van der Waals surface area contributed by atoms with Crippen LogP contribution >= 0.6 is 0 Å². The van der Waals surface area contributed by atoms with E-state index in [1.807, 2.05) is 34.9 Å². The summed E-state index contributed by atoms with van der Waals surface area (Å²) in [4.78, 5) is 13.3. The van der Waals surface area contributed by atoms with Gasteiger partial charge in [0.05, 0.1) is 6.54 Å². The lowest BCUT2D eigenvalue weighted by atomic mass is 10.2. The van der Waals surface area contributed by atoms with E-state index >= 15 is 0 Å². The van der Waals surface area contributed by atoms with Gasteiger partial charge in [-0.3, -0.25) is 4.79 Å². The summed E-state index contributed by atoms with van der Waals surface area (Å²) < 4.78 is 5.13. The topological polar surface area (TPSA) is 41.6 Å². The third-order valence-corrected chi connectivity index (χ3v) is 1.43. The minimum atomic E-state index is -0.389. The minimum Gasteiger partial charge on any atom is -0.459 e. The Hall–Kier alpha value is -0.610. The number of nitrogens with zero attached hydrogens (tertiary/aromatic N) is 1. The van der Waals surface area contributed by atoms with Gasteiger partial charge in [-0.1, -0.05) is 0 Å². The molecular formula is C10H22N2O2. The molecule has 0 unspecified atom stereocenters. The number of esters is 1. The SMILES string of the molecule is CN(C)CCNCC(=O)OC(C)(C)C. The first-order chi connectivity index (χ1) is 6.31. The molecule has 0 aliphatic heterocycles. The Morgan fingerprint density at radius 3 is 2.36 bits per heavy atom. The van der Waals surface area contributed by atoms with Gasteiger partial charge in [0.25, 0.3) is 0 Å². The summed E-state index contributed by atoms with van der Waals surface area (Å²) in [5.41, 5.74) is -0.389. The molecule has 0 aromatic rings. The van der Waals surface area contributed by atoms with Crippen molar-refractivity contribution in [3.63, 3.8) is 0 Å². The summed E-state index contributed by atoms with van der Waals surface area (Å²) in [7, 11) is 3.99. The van der Waals surface area contributed by atoms with Crippen molar-refractivity contribution in [3.05, 3.63) is 0 Å². The Morgan fingerprint density at radius 1 is 1.36 bits per heavy atom.